The number of benzene rings is 2. The number of fused-ring (bicyclic) bond motifs is 1. The van der Waals surface area contributed by atoms with E-state index in [1.54, 1.807) is 6.07 Å². The third-order valence-corrected chi connectivity index (χ3v) is 3.65. The van der Waals surface area contributed by atoms with Gasteiger partial charge < -0.3 is 9.15 Å². The fourth-order valence-corrected chi connectivity index (χ4v) is 2.60. The zero-order chi connectivity index (χ0) is 14.8. The monoisotopic (exact) mass is 344 g/mol. The van der Waals surface area contributed by atoms with E-state index in [1.807, 2.05) is 49.4 Å². The molecule has 0 radical (unpaired) electrons. The minimum absolute atomic E-state index is 0.353. The molecule has 0 saturated heterocycles. The molecule has 0 N–H and O–H groups in total. The van der Waals surface area contributed by atoms with E-state index in [2.05, 4.69) is 15.9 Å². The lowest BCUT2D eigenvalue weighted by Crippen LogP contribution is -2.02. The maximum absolute atomic E-state index is 12.2. The highest BCUT2D eigenvalue weighted by Crippen LogP contribution is 2.25. The van der Waals surface area contributed by atoms with Crippen molar-refractivity contribution in [2.75, 3.05) is 6.61 Å². The molecular formula is C17H13BrO3. The number of hydrogen-bond donors (Lipinski definition) is 0. The van der Waals surface area contributed by atoms with Crippen LogP contribution in [0.5, 0.6) is 5.75 Å². The molecule has 3 aromatic rings. The Morgan fingerprint density at radius 2 is 2.00 bits per heavy atom. The first-order chi connectivity index (χ1) is 10.2. The Morgan fingerprint density at radius 1 is 1.14 bits per heavy atom. The lowest BCUT2D eigenvalue weighted by Gasteiger charge is -2.06. The largest absolute Gasteiger partial charge is 0.494 e. The fraction of sp³-hybridized carbons (Fsp3) is 0.118. The second-order valence-corrected chi connectivity index (χ2v) is 5.51. The smallest absolute Gasteiger partial charge is 0.344 e. The molecule has 3 rings (SSSR count). The van der Waals surface area contributed by atoms with Crippen LogP contribution in [0.2, 0.25) is 0 Å². The minimum atomic E-state index is -0.353. The van der Waals surface area contributed by atoms with E-state index in [-0.39, 0.29) is 5.63 Å². The molecule has 0 unspecified atom stereocenters. The van der Waals surface area contributed by atoms with Gasteiger partial charge in [-0.15, -0.1) is 0 Å². The van der Waals surface area contributed by atoms with Gasteiger partial charge >= 0.3 is 5.63 Å². The molecule has 3 nitrogen and oxygen atoms in total. The van der Waals surface area contributed by atoms with Crippen LogP contribution in [-0.2, 0) is 0 Å². The van der Waals surface area contributed by atoms with Crippen molar-refractivity contribution < 1.29 is 9.15 Å². The fourth-order valence-electron chi connectivity index (χ4n) is 2.21. The number of rotatable bonds is 3. The van der Waals surface area contributed by atoms with E-state index in [0.717, 1.165) is 15.4 Å². The Labute approximate surface area is 130 Å². The van der Waals surface area contributed by atoms with Crippen molar-refractivity contribution in [2.45, 2.75) is 6.92 Å². The molecule has 0 bridgehead atoms. The van der Waals surface area contributed by atoms with Crippen molar-refractivity contribution in [1.82, 2.24) is 0 Å². The molecule has 21 heavy (non-hydrogen) atoms. The highest BCUT2D eigenvalue weighted by molar-refractivity contribution is 9.10. The normalized spacial score (nSPS) is 10.8. The van der Waals surface area contributed by atoms with Gasteiger partial charge in [-0.3, -0.25) is 0 Å². The summed E-state index contributed by atoms with van der Waals surface area (Å²) < 4.78 is 11.8. The van der Waals surface area contributed by atoms with Crippen LogP contribution in [0.15, 0.2) is 62.2 Å². The minimum Gasteiger partial charge on any atom is -0.494 e. The van der Waals surface area contributed by atoms with Gasteiger partial charge in [0, 0.05) is 15.9 Å². The maximum atomic E-state index is 12.2. The van der Waals surface area contributed by atoms with Gasteiger partial charge in [-0.2, -0.15) is 0 Å². The van der Waals surface area contributed by atoms with Crippen LogP contribution in [0, 0.1) is 0 Å². The summed E-state index contributed by atoms with van der Waals surface area (Å²) in [5.41, 5.74) is 1.56. The van der Waals surface area contributed by atoms with E-state index in [9.17, 15) is 4.79 Å². The van der Waals surface area contributed by atoms with Gasteiger partial charge in [0.15, 0.2) is 0 Å². The van der Waals surface area contributed by atoms with Gasteiger partial charge in [0.2, 0.25) is 0 Å². The molecular weight excluding hydrogens is 332 g/mol. The van der Waals surface area contributed by atoms with Crippen molar-refractivity contribution in [1.29, 1.82) is 0 Å². The molecule has 0 spiro atoms. The zero-order valence-electron chi connectivity index (χ0n) is 11.4. The first-order valence-electron chi connectivity index (χ1n) is 6.64. The molecule has 0 aliphatic heterocycles. The average Bonchev–Trinajstić information content (AvgIpc) is 2.47. The zero-order valence-corrected chi connectivity index (χ0v) is 13.0. The molecule has 0 fully saturated rings. The lowest BCUT2D eigenvalue weighted by atomic mass is 10.1. The van der Waals surface area contributed by atoms with Crippen molar-refractivity contribution in [3.8, 4) is 16.9 Å². The quantitative estimate of drug-likeness (QED) is 0.650. The third-order valence-electron chi connectivity index (χ3n) is 3.15. The first-order valence-corrected chi connectivity index (χ1v) is 7.43. The summed E-state index contributed by atoms with van der Waals surface area (Å²) in [6.07, 6.45) is 0. The van der Waals surface area contributed by atoms with Crippen molar-refractivity contribution in [2.24, 2.45) is 0 Å². The van der Waals surface area contributed by atoms with Crippen molar-refractivity contribution >= 4 is 26.9 Å². The van der Waals surface area contributed by atoms with Crippen molar-refractivity contribution in [3.63, 3.8) is 0 Å². The molecule has 1 heterocycles. The topological polar surface area (TPSA) is 39.4 Å². The molecule has 106 valence electrons. The summed E-state index contributed by atoms with van der Waals surface area (Å²) in [7, 11) is 0. The summed E-state index contributed by atoms with van der Waals surface area (Å²) >= 11 is 3.41. The van der Waals surface area contributed by atoms with Crippen LogP contribution in [0.3, 0.4) is 0 Å². The molecule has 0 atom stereocenters. The Bertz CT molecular complexity index is 852. The summed E-state index contributed by atoms with van der Waals surface area (Å²) in [5.74, 6) is 0.698. The molecule has 4 heteroatoms. The van der Waals surface area contributed by atoms with Crippen LogP contribution < -0.4 is 10.4 Å². The van der Waals surface area contributed by atoms with Crippen LogP contribution in [-0.4, -0.2) is 6.61 Å². The highest BCUT2D eigenvalue weighted by Gasteiger charge is 2.09. The van der Waals surface area contributed by atoms with E-state index < -0.39 is 0 Å². The van der Waals surface area contributed by atoms with Gasteiger partial charge in [0.1, 0.15) is 11.3 Å². The Balaban J connectivity index is 2.15. The Hall–Kier alpha value is -2.07. The number of hydrogen-bond acceptors (Lipinski definition) is 3. The predicted molar refractivity (Wildman–Crippen MR) is 86.8 cm³/mol. The van der Waals surface area contributed by atoms with Gasteiger partial charge in [-0.05, 0) is 42.8 Å². The first kappa shape index (κ1) is 13.9. The van der Waals surface area contributed by atoms with Crippen LogP contribution in [0.1, 0.15) is 6.92 Å². The summed E-state index contributed by atoms with van der Waals surface area (Å²) in [5, 5.41) is 0.869. The van der Waals surface area contributed by atoms with E-state index >= 15 is 0 Å². The van der Waals surface area contributed by atoms with Gasteiger partial charge in [-0.25, -0.2) is 4.79 Å². The van der Waals surface area contributed by atoms with E-state index in [4.69, 9.17) is 9.15 Å². The van der Waals surface area contributed by atoms with Gasteiger partial charge in [0.25, 0.3) is 0 Å². The van der Waals surface area contributed by atoms with Gasteiger partial charge in [-0.1, -0.05) is 28.1 Å². The van der Waals surface area contributed by atoms with Gasteiger partial charge in [0.05, 0.1) is 12.2 Å². The van der Waals surface area contributed by atoms with Crippen molar-refractivity contribution in [3.05, 3.63) is 63.4 Å². The molecule has 0 aliphatic rings. The second kappa shape index (κ2) is 5.74. The van der Waals surface area contributed by atoms with Crippen LogP contribution >= 0.6 is 15.9 Å². The third kappa shape index (κ3) is 2.85. The average molecular weight is 345 g/mol. The standard InChI is InChI=1S/C17H13BrO3/c1-2-20-14-7-6-12-9-15(17(19)21-16(12)10-14)11-4-3-5-13(18)8-11/h3-10H,2H2,1H3. The number of ether oxygens (including phenoxy) is 1. The SMILES string of the molecule is CCOc1ccc2cc(-c3cccc(Br)c3)c(=O)oc2c1. The molecule has 2 aromatic carbocycles. The summed E-state index contributed by atoms with van der Waals surface area (Å²) in [6.45, 7) is 2.49. The molecule has 0 amide bonds. The predicted octanol–water partition coefficient (Wildman–Crippen LogP) is 4.62. The highest BCUT2D eigenvalue weighted by atomic mass is 79.9. The summed E-state index contributed by atoms with van der Waals surface area (Å²) in [4.78, 5) is 12.2. The maximum Gasteiger partial charge on any atom is 0.344 e. The second-order valence-electron chi connectivity index (χ2n) is 4.59. The Morgan fingerprint density at radius 3 is 2.76 bits per heavy atom. The van der Waals surface area contributed by atoms with Crippen LogP contribution in [0.4, 0.5) is 0 Å². The number of halogens is 1. The molecule has 1 aromatic heterocycles. The van der Waals surface area contributed by atoms with E-state index in [1.165, 1.54) is 0 Å². The molecule has 0 saturated carbocycles. The summed E-state index contributed by atoms with van der Waals surface area (Å²) in [6, 6.07) is 14.9. The lowest BCUT2D eigenvalue weighted by molar-refractivity contribution is 0.340. The van der Waals surface area contributed by atoms with Crippen LogP contribution in [0.25, 0.3) is 22.1 Å². The Kier molecular flexibility index (Phi) is 3.80. The molecule has 0 aliphatic carbocycles. The van der Waals surface area contributed by atoms with E-state index in [0.29, 0.717) is 23.5 Å².